The molecule has 0 saturated carbocycles. The molecule has 0 heterocycles. The van der Waals surface area contributed by atoms with Gasteiger partial charge in [0.2, 0.25) is 0 Å². The molecule has 0 fully saturated rings. The molecule has 0 aromatic heterocycles. The second-order valence-corrected chi connectivity index (χ2v) is 5.77. The van der Waals surface area contributed by atoms with Gasteiger partial charge in [0.05, 0.1) is 13.2 Å². The van der Waals surface area contributed by atoms with Gasteiger partial charge in [-0.3, -0.25) is 0 Å². The van der Waals surface area contributed by atoms with Crippen molar-refractivity contribution in [3.63, 3.8) is 0 Å². The van der Waals surface area contributed by atoms with Crippen LogP contribution in [0.15, 0.2) is 73.9 Å². The lowest BCUT2D eigenvalue weighted by Crippen LogP contribution is -2.40. The number of hydrogen-bond acceptors (Lipinski definition) is 6. The van der Waals surface area contributed by atoms with Crippen molar-refractivity contribution in [1.82, 2.24) is 0 Å². The third kappa shape index (κ3) is 6.04. The Morgan fingerprint density at radius 3 is 2.04 bits per heavy atom. The Hall–Kier alpha value is -2.96. The molecule has 28 heavy (non-hydrogen) atoms. The number of carbonyl (C=O) groups excluding carboxylic acids is 2. The molecule has 0 bridgehead atoms. The smallest absolute Gasteiger partial charge is 0.330 e. The summed E-state index contributed by atoms with van der Waals surface area (Å²) < 4.78 is 22.1. The van der Waals surface area contributed by atoms with Gasteiger partial charge in [-0.25, -0.2) is 9.59 Å². The minimum Gasteiger partial charge on any atom is -0.460 e. The number of benzene rings is 1. The number of rotatable bonds is 11. The van der Waals surface area contributed by atoms with Crippen molar-refractivity contribution in [3.8, 4) is 0 Å². The van der Waals surface area contributed by atoms with Crippen molar-refractivity contribution in [1.29, 1.82) is 0 Å². The molecule has 0 aliphatic heterocycles. The standard InChI is InChI=1S/C22H24O6/c1-3-20(23)25-14-16-27-22(28-17-15-26-21(24)4-2)13-9-8-12-19(22)18-10-6-5-7-11-18/h3-12H,1-2,13-17H2. The van der Waals surface area contributed by atoms with E-state index in [1.165, 1.54) is 0 Å². The van der Waals surface area contributed by atoms with E-state index in [1.807, 2.05) is 48.6 Å². The van der Waals surface area contributed by atoms with Crippen molar-refractivity contribution >= 4 is 17.5 Å². The van der Waals surface area contributed by atoms with Crippen LogP contribution in [0, 0.1) is 0 Å². The topological polar surface area (TPSA) is 71.1 Å². The van der Waals surface area contributed by atoms with E-state index in [-0.39, 0.29) is 26.4 Å². The molecule has 0 spiro atoms. The van der Waals surface area contributed by atoms with Gasteiger partial charge >= 0.3 is 11.9 Å². The van der Waals surface area contributed by atoms with Gasteiger partial charge in [0, 0.05) is 24.1 Å². The number of ether oxygens (including phenoxy) is 4. The monoisotopic (exact) mass is 384 g/mol. The van der Waals surface area contributed by atoms with Gasteiger partial charge in [0.25, 0.3) is 0 Å². The lowest BCUT2D eigenvalue weighted by atomic mass is 9.91. The van der Waals surface area contributed by atoms with Crippen LogP contribution in [0.2, 0.25) is 0 Å². The first-order valence-electron chi connectivity index (χ1n) is 8.90. The summed E-state index contributed by atoms with van der Waals surface area (Å²) >= 11 is 0. The Kier molecular flexibility index (Phi) is 8.39. The molecule has 1 aliphatic carbocycles. The summed E-state index contributed by atoms with van der Waals surface area (Å²) in [6.45, 7) is 7.10. The fourth-order valence-corrected chi connectivity index (χ4v) is 2.69. The Bertz CT molecular complexity index is 720. The van der Waals surface area contributed by atoms with Gasteiger partial charge in [-0.1, -0.05) is 61.7 Å². The van der Waals surface area contributed by atoms with E-state index in [2.05, 4.69) is 13.2 Å². The predicted octanol–water partition coefficient (Wildman–Crippen LogP) is 3.22. The molecule has 0 radical (unpaired) electrons. The van der Waals surface area contributed by atoms with E-state index < -0.39 is 17.7 Å². The summed E-state index contributed by atoms with van der Waals surface area (Å²) in [7, 11) is 0. The molecule has 0 unspecified atom stereocenters. The molecule has 1 aliphatic rings. The zero-order valence-electron chi connectivity index (χ0n) is 15.7. The number of hydrogen-bond donors (Lipinski definition) is 0. The lowest BCUT2D eigenvalue weighted by molar-refractivity contribution is -0.206. The second kappa shape index (κ2) is 11.0. The maximum absolute atomic E-state index is 11.2. The maximum Gasteiger partial charge on any atom is 0.330 e. The highest BCUT2D eigenvalue weighted by molar-refractivity contribution is 5.81. The number of carbonyl (C=O) groups is 2. The molecule has 0 saturated heterocycles. The highest BCUT2D eigenvalue weighted by Crippen LogP contribution is 2.37. The molecule has 1 aromatic carbocycles. The fraction of sp³-hybridized carbons (Fsp3) is 0.273. The average molecular weight is 384 g/mol. The van der Waals surface area contributed by atoms with Crippen LogP contribution in [0.5, 0.6) is 0 Å². The molecule has 0 atom stereocenters. The number of esters is 2. The summed E-state index contributed by atoms with van der Waals surface area (Å²) in [6, 6.07) is 9.70. The fourth-order valence-electron chi connectivity index (χ4n) is 2.69. The van der Waals surface area contributed by atoms with Crippen LogP contribution < -0.4 is 0 Å². The molecule has 1 aromatic rings. The first-order valence-corrected chi connectivity index (χ1v) is 8.90. The average Bonchev–Trinajstić information content (AvgIpc) is 2.75. The van der Waals surface area contributed by atoms with Crippen molar-refractivity contribution in [2.45, 2.75) is 12.2 Å². The van der Waals surface area contributed by atoms with Gasteiger partial charge in [-0.2, -0.15) is 0 Å². The van der Waals surface area contributed by atoms with Gasteiger partial charge in [0.1, 0.15) is 13.2 Å². The van der Waals surface area contributed by atoms with Crippen LogP contribution >= 0.6 is 0 Å². The minimum absolute atomic E-state index is 0.0627. The Balaban J connectivity index is 2.12. The van der Waals surface area contributed by atoms with Crippen LogP contribution in [0.4, 0.5) is 0 Å². The highest BCUT2D eigenvalue weighted by Gasteiger charge is 2.37. The zero-order chi connectivity index (χ0) is 20.2. The molecular formula is C22H24O6. The van der Waals surface area contributed by atoms with Crippen molar-refractivity contribution in [2.75, 3.05) is 26.4 Å². The molecule has 6 heteroatoms. The number of allylic oxidation sites excluding steroid dienone is 2. The third-order valence-corrected chi connectivity index (χ3v) is 3.94. The van der Waals surface area contributed by atoms with Crippen LogP contribution in [0.25, 0.3) is 5.57 Å². The molecule has 148 valence electrons. The normalized spacial score (nSPS) is 14.6. The van der Waals surface area contributed by atoms with Gasteiger partial charge in [-0.05, 0) is 5.56 Å². The summed E-state index contributed by atoms with van der Waals surface area (Å²) in [5, 5.41) is 0. The van der Waals surface area contributed by atoms with E-state index in [4.69, 9.17) is 18.9 Å². The van der Waals surface area contributed by atoms with E-state index in [0.717, 1.165) is 23.3 Å². The Labute approximate surface area is 164 Å². The predicted molar refractivity (Wildman–Crippen MR) is 105 cm³/mol. The summed E-state index contributed by atoms with van der Waals surface area (Å²) in [5.41, 5.74) is 1.78. The SMILES string of the molecule is C=CC(=O)OCCOC1(OCCOC(=O)C=C)CC=CC=C1c1ccccc1. The van der Waals surface area contributed by atoms with E-state index in [9.17, 15) is 9.59 Å². The summed E-state index contributed by atoms with van der Waals surface area (Å²) in [6.07, 6.45) is 8.43. The van der Waals surface area contributed by atoms with Gasteiger partial charge < -0.3 is 18.9 Å². The van der Waals surface area contributed by atoms with Crippen LogP contribution in [-0.2, 0) is 28.5 Å². The summed E-state index contributed by atoms with van der Waals surface area (Å²) in [5.74, 6) is -2.12. The molecular weight excluding hydrogens is 360 g/mol. The van der Waals surface area contributed by atoms with E-state index in [0.29, 0.717) is 6.42 Å². The first kappa shape index (κ1) is 21.3. The quantitative estimate of drug-likeness (QED) is 0.252. The Morgan fingerprint density at radius 1 is 0.929 bits per heavy atom. The Morgan fingerprint density at radius 2 is 1.50 bits per heavy atom. The van der Waals surface area contributed by atoms with Crippen LogP contribution in [-0.4, -0.2) is 44.2 Å². The largest absolute Gasteiger partial charge is 0.460 e. The third-order valence-electron chi connectivity index (χ3n) is 3.94. The molecule has 6 nitrogen and oxygen atoms in total. The lowest BCUT2D eigenvalue weighted by Gasteiger charge is -2.37. The minimum atomic E-state index is -1.09. The van der Waals surface area contributed by atoms with E-state index in [1.54, 1.807) is 0 Å². The van der Waals surface area contributed by atoms with Crippen molar-refractivity contribution in [3.05, 3.63) is 79.4 Å². The molecule has 0 amide bonds. The van der Waals surface area contributed by atoms with Crippen molar-refractivity contribution < 1.29 is 28.5 Å². The molecule has 2 rings (SSSR count). The van der Waals surface area contributed by atoms with Crippen LogP contribution in [0.1, 0.15) is 12.0 Å². The molecule has 0 N–H and O–H groups in total. The maximum atomic E-state index is 11.2. The first-order chi connectivity index (χ1) is 13.6. The van der Waals surface area contributed by atoms with Crippen molar-refractivity contribution in [2.24, 2.45) is 0 Å². The highest BCUT2D eigenvalue weighted by atomic mass is 16.7. The summed E-state index contributed by atoms with van der Waals surface area (Å²) in [4.78, 5) is 22.5. The second-order valence-electron chi connectivity index (χ2n) is 5.77. The van der Waals surface area contributed by atoms with Gasteiger partial charge in [0.15, 0.2) is 5.79 Å². The van der Waals surface area contributed by atoms with Crippen LogP contribution in [0.3, 0.4) is 0 Å². The van der Waals surface area contributed by atoms with E-state index >= 15 is 0 Å². The van der Waals surface area contributed by atoms with Gasteiger partial charge in [-0.15, -0.1) is 0 Å². The zero-order valence-corrected chi connectivity index (χ0v) is 15.7.